The van der Waals surface area contributed by atoms with E-state index in [1.165, 1.54) is 10.9 Å². The number of aromatic carboxylic acids is 2. The molecule has 2 aromatic rings. The third-order valence-corrected chi connectivity index (χ3v) is 2.97. The van der Waals surface area contributed by atoms with E-state index in [4.69, 9.17) is 10.2 Å². The van der Waals surface area contributed by atoms with E-state index in [-0.39, 0.29) is 5.56 Å². The maximum Gasteiger partial charge on any atom is 0.357 e. The minimum atomic E-state index is -1.36. The molecule has 0 aliphatic rings. The second-order valence-corrected chi connectivity index (χ2v) is 4.69. The van der Waals surface area contributed by atoms with Crippen LogP contribution in [0.1, 0.15) is 46.2 Å². The topological polar surface area (TPSA) is 92.4 Å². The van der Waals surface area contributed by atoms with E-state index in [1.807, 2.05) is 12.1 Å². The van der Waals surface area contributed by atoms with E-state index >= 15 is 0 Å². The molecular weight excluding hydrogens is 260 g/mol. The molecule has 104 valence electrons. The van der Waals surface area contributed by atoms with Crippen LogP contribution < -0.4 is 0 Å². The van der Waals surface area contributed by atoms with Crippen LogP contribution in [0.5, 0.6) is 0 Å². The fourth-order valence-corrected chi connectivity index (χ4v) is 1.83. The summed E-state index contributed by atoms with van der Waals surface area (Å²) in [7, 11) is 0. The lowest BCUT2D eigenvalue weighted by Crippen LogP contribution is -2.06. The summed E-state index contributed by atoms with van der Waals surface area (Å²) < 4.78 is 1.26. The molecule has 2 N–H and O–H groups in total. The highest BCUT2D eigenvalue weighted by Gasteiger charge is 2.21. The number of rotatable bonds is 4. The van der Waals surface area contributed by atoms with Crippen LogP contribution in [0.2, 0.25) is 0 Å². The maximum absolute atomic E-state index is 11.0. The van der Waals surface area contributed by atoms with Crippen molar-refractivity contribution >= 4 is 11.9 Å². The molecule has 1 aromatic carbocycles. The van der Waals surface area contributed by atoms with Crippen LogP contribution in [0.25, 0.3) is 5.69 Å². The number of carbonyl (C=O) groups is 2. The molecule has 0 fully saturated rings. The molecular formula is C14H14N2O4. The van der Waals surface area contributed by atoms with Crippen LogP contribution in [-0.2, 0) is 0 Å². The summed E-state index contributed by atoms with van der Waals surface area (Å²) in [5.41, 5.74) is 0.957. The number of carboxylic acid groups (broad SMARTS) is 2. The normalized spacial score (nSPS) is 10.8. The maximum atomic E-state index is 11.0. The molecule has 6 heteroatoms. The molecule has 2 rings (SSSR count). The van der Waals surface area contributed by atoms with Crippen molar-refractivity contribution in [3.63, 3.8) is 0 Å². The average Bonchev–Trinajstić information content (AvgIpc) is 2.84. The molecule has 0 amide bonds. The zero-order valence-corrected chi connectivity index (χ0v) is 11.1. The minimum absolute atomic E-state index is 0.328. The lowest BCUT2D eigenvalue weighted by molar-refractivity contribution is 0.0648. The van der Waals surface area contributed by atoms with Gasteiger partial charge in [0.25, 0.3) is 0 Å². The molecule has 0 aliphatic heterocycles. The summed E-state index contributed by atoms with van der Waals surface area (Å²) in [6, 6.07) is 7.37. The third-order valence-electron chi connectivity index (χ3n) is 2.97. The largest absolute Gasteiger partial charge is 0.478 e. The van der Waals surface area contributed by atoms with Crippen LogP contribution in [0.15, 0.2) is 30.5 Å². The highest BCUT2D eigenvalue weighted by molar-refractivity contribution is 6.00. The van der Waals surface area contributed by atoms with E-state index in [0.717, 1.165) is 5.56 Å². The van der Waals surface area contributed by atoms with Gasteiger partial charge in [-0.3, -0.25) is 0 Å². The van der Waals surface area contributed by atoms with Crippen molar-refractivity contribution in [2.45, 2.75) is 19.8 Å². The Labute approximate surface area is 115 Å². The lowest BCUT2D eigenvalue weighted by atomic mass is 10.0. The fourth-order valence-electron chi connectivity index (χ4n) is 1.83. The molecule has 0 spiro atoms. The molecule has 1 aromatic heterocycles. The number of nitrogens with zero attached hydrogens (tertiary/aromatic N) is 2. The number of carboxylic acids is 2. The Morgan fingerprint density at radius 2 is 1.70 bits per heavy atom. The average molecular weight is 274 g/mol. The molecule has 0 saturated heterocycles. The Balaban J connectivity index is 2.45. The van der Waals surface area contributed by atoms with Crippen molar-refractivity contribution in [1.82, 2.24) is 9.78 Å². The SMILES string of the molecule is CC(C)c1ccc(-n2cc(C(=O)O)c(C(=O)O)n2)cc1. The first-order valence-electron chi connectivity index (χ1n) is 6.06. The van der Waals surface area contributed by atoms with Crippen molar-refractivity contribution in [1.29, 1.82) is 0 Å². The minimum Gasteiger partial charge on any atom is -0.478 e. The molecule has 0 atom stereocenters. The van der Waals surface area contributed by atoms with Crippen LogP contribution in [0.3, 0.4) is 0 Å². The molecule has 6 nitrogen and oxygen atoms in total. The van der Waals surface area contributed by atoms with Crippen molar-refractivity contribution in [2.24, 2.45) is 0 Å². The zero-order chi connectivity index (χ0) is 14.9. The molecule has 0 bridgehead atoms. The Bertz CT molecular complexity index is 625. The monoisotopic (exact) mass is 274 g/mol. The standard InChI is InChI=1S/C14H14N2O4/c1-8(2)9-3-5-10(6-4-9)16-7-11(13(17)18)12(15-16)14(19)20/h3-8H,1-2H3,(H,17,18)(H,19,20). The quantitative estimate of drug-likeness (QED) is 0.893. The van der Waals surface area contributed by atoms with Gasteiger partial charge in [0.2, 0.25) is 0 Å². The summed E-state index contributed by atoms with van der Waals surface area (Å²) in [4.78, 5) is 22.0. The van der Waals surface area contributed by atoms with Gasteiger partial charge in [0.1, 0.15) is 5.56 Å². The number of hydrogen-bond acceptors (Lipinski definition) is 3. The summed E-state index contributed by atoms with van der Waals surface area (Å²) in [5.74, 6) is -2.29. The first-order chi connectivity index (χ1) is 9.40. The highest BCUT2D eigenvalue weighted by atomic mass is 16.4. The van der Waals surface area contributed by atoms with Gasteiger partial charge in [-0.1, -0.05) is 26.0 Å². The predicted molar refractivity (Wildman–Crippen MR) is 71.6 cm³/mol. The molecule has 20 heavy (non-hydrogen) atoms. The predicted octanol–water partition coefficient (Wildman–Crippen LogP) is 2.39. The first kappa shape index (κ1) is 13.8. The summed E-state index contributed by atoms with van der Waals surface area (Å²) in [6.07, 6.45) is 1.20. The summed E-state index contributed by atoms with van der Waals surface area (Å²) in [5, 5.41) is 21.7. The number of hydrogen-bond donors (Lipinski definition) is 2. The van der Waals surface area contributed by atoms with E-state index in [0.29, 0.717) is 11.6 Å². The van der Waals surface area contributed by atoms with Gasteiger partial charge in [-0.15, -0.1) is 0 Å². The van der Waals surface area contributed by atoms with Gasteiger partial charge < -0.3 is 10.2 Å². The van der Waals surface area contributed by atoms with E-state index in [2.05, 4.69) is 18.9 Å². The van der Waals surface area contributed by atoms with Crippen molar-refractivity contribution in [2.75, 3.05) is 0 Å². The molecule has 0 unspecified atom stereocenters. The molecule has 0 saturated carbocycles. The van der Waals surface area contributed by atoms with Crippen molar-refractivity contribution in [3.05, 3.63) is 47.3 Å². The van der Waals surface area contributed by atoms with Gasteiger partial charge in [0.05, 0.1) is 5.69 Å². The van der Waals surface area contributed by atoms with Gasteiger partial charge in [0.15, 0.2) is 5.69 Å². The molecule has 1 heterocycles. The van der Waals surface area contributed by atoms with Gasteiger partial charge in [-0.05, 0) is 23.6 Å². The lowest BCUT2D eigenvalue weighted by Gasteiger charge is -2.06. The van der Waals surface area contributed by atoms with Crippen molar-refractivity contribution < 1.29 is 19.8 Å². The van der Waals surface area contributed by atoms with Gasteiger partial charge >= 0.3 is 11.9 Å². The molecule has 0 aliphatic carbocycles. The van der Waals surface area contributed by atoms with Gasteiger partial charge in [-0.2, -0.15) is 5.10 Å². The Morgan fingerprint density at radius 1 is 1.10 bits per heavy atom. The Kier molecular flexibility index (Phi) is 3.56. The smallest absolute Gasteiger partial charge is 0.357 e. The molecule has 0 radical (unpaired) electrons. The Morgan fingerprint density at radius 3 is 2.10 bits per heavy atom. The first-order valence-corrected chi connectivity index (χ1v) is 6.06. The van der Waals surface area contributed by atoms with Gasteiger partial charge in [-0.25, -0.2) is 14.3 Å². The van der Waals surface area contributed by atoms with E-state index < -0.39 is 17.6 Å². The summed E-state index contributed by atoms with van der Waals surface area (Å²) in [6.45, 7) is 4.13. The van der Waals surface area contributed by atoms with E-state index in [1.54, 1.807) is 12.1 Å². The second kappa shape index (κ2) is 5.16. The number of aromatic nitrogens is 2. The summed E-state index contributed by atoms with van der Waals surface area (Å²) >= 11 is 0. The highest BCUT2D eigenvalue weighted by Crippen LogP contribution is 2.18. The third kappa shape index (κ3) is 2.54. The Hall–Kier alpha value is -2.63. The van der Waals surface area contributed by atoms with E-state index in [9.17, 15) is 9.59 Å². The van der Waals surface area contributed by atoms with Crippen molar-refractivity contribution in [3.8, 4) is 5.69 Å². The van der Waals surface area contributed by atoms with Crippen LogP contribution in [0.4, 0.5) is 0 Å². The van der Waals surface area contributed by atoms with Crippen LogP contribution in [0, 0.1) is 0 Å². The van der Waals surface area contributed by atoms with Gasteiger partial charge in [0, 0.05) is 6.20 Å². The number of benzene rings is 1. The second-order valence-electron chi connectivity index (χ2n) is 4.69. The van der Waals surface area contributed by atoms with Crippen LogP contribution >= 0.6 is 0 Å². The fraction of sp³-hybridized carbons (Fsp3) is 0.214. The van der Waals surface area contributed by atoms with Crippen LogP contribution in [-0.4, -0.2) is 31.9 Å². The zero-order valence-electron chi connectivity index (χ0n) is 11.1.